The molecule has 0 bridgehead atoms. The van der Waals surface area contributed by atoms with Crippen molar-refractivity contribution in [2.24, 2.45) is 0 Å². The Labute approximate surface area is 131 Å². The predicted octanol–water partition coefficient (Wildman–Crippen LogP) is 2.57. The molecular formula is C16H14F2N2O3. The fourth-order valence-corrected chi connectivity index (χ4v) is 2.56. The lowest BCUT2D eigenvalue weighted by Gasteiger charge is -2.24. The molecule has 0 saturated carbocycles. The van der Waals surface area contributed by atoms with Crippen LogP contribution in [0.15, 0.2) is 30.5 Å². The fourth-order valence-electron chi connectivity index (χ4n) is 2.56. The molecule has 1 unspecified atom stereocenters. The summed E-state index contributed by atoms with van der Waals surface area (Å²) in [7, 11) is 2.92. The van der Waals surface area contributed by atoms with Crippen molar-refractivity contribution in [3.8, 4) is 11.6 Å². The van der Waals surface area contributed by atoms with E-state index in [9.17, 15) is 13.6 Å². The highest BCUT2D eigenvalue weighted by atomic mass is 19.1. The minimum Gasteiger partial charge on any atom is -0.491 e. The largest absolute Gasteiger partial charge is 0.491 e. The van der Waals surface area contributed by atoms with Gasteiger partial charge in [0.2, 0.25) is 5.88 Å². The van der Waals surface area contributed by atoms with Crippen LogP contribution in [0.4, 0.5) is 8.78 Å². The Morgan fingerprint density at radius 2 is 2.13 bits per heavy atom. The topological polar surface area (TPSA) is 51.7 Å². The van der Waals surface area contributed by atoms with E-state index in [2.05, 4.69) is 4.98 Å². The van der Waals surface area contributed by atoms with Crippen molar-refractivity contribution in [3.63, 3.8) is 0 Å². The van der Waals surface area contributed by atoms with Gasteiger partial charge in [-0.1, -0.05) is 6.07 Å². The number of benzene rings is 1. The van der Waals surface area contributed by atoms with Gasteiger partial charge in [0, 0.05) is 18.7 Å². The molecule has 2 heterocycles. The van der Waals surface area contributed by atoms with E-state index in [4.69, 9.17) is 9.47 Å². The van der Waals surface area contributed by atoms with E-state index in [1.54, 1.807) is 13.1 Å². The number of nitrogens with zero attached hydrogens (tertiary/aromatic N) is 2. The van der Waals surface area contributed by atoms with Gasteiger partial charge in [-0.3, -0.25) is 4.79 Å². The van der Waals surface area contributed by atoms with Crippen molar-refractivity contribution in [3.05, 3.63) is 53.2 Å². The van der Waals surface area contributed by atoms with E-state index >= 15 is 0 Å². The summed E-state index contributed by atoms with van der Waals surface area (Å²) in [6.45, 7) is 0.200. The maximum atomic E-state index is 13.4. The fraction of sp³-hybridized carbons (Fsp3) is 0.250. The Balaban J connectivity index is 1.92. The third-order valence-corrected chi connectivity index (χ3v) is 3.76. The van der Waals surface area contributed by atoms with Gasteiger partial charge < -0.3 is 14.4 Å². The molecule has 0 saturated heterocycles. The first-order valence-electron chi connectivity index (χ1n) is 6.90. The predicted molar refractivity (Wildman–Crippen MR) is 77.5 cm³/mol. The van der Waals surface area contributed by atoms with Gasteiger partial charge in [0.25, 0.3) is 5.91 Å². The third-order valence-electron chi connectivity index (χ3n) is 3.76. The number of halogens is 2. The van der Waals surface area contributed by atoms with Crippen LogP contribution in [0.25, 0.3) is 0 Å². The Kier molecular flexibility index (Phi) is 3.85. The number of pyridine rings is 1. The van der Waals surface area contributed by atoms with Crippen molar-refractivity contribution in [1.29, 1.82) is 0 Å². The van der Waals surface area contributed by atoms with Gasteiger partial charge in [0.05, 0.1) is 19.3 Å². The molecule has 3 rings (SSSR count). The normalized spacial score (nSPS) is 15.7. The van der Waals surface area contributed by atoms with Crippen LogP contribution < -0.4 is 9.47 Å². The number of hydrogen-bond donors (Lipinski definition) is 0. The molecule has 0 fully saturated rings. The molecule has 1 amide bonds. The zero-order valence-corrected chi connectivity index (χ0v) is 12.5. The molecule has 7 heteroatoms. The monoisotopic (exact) mass is 320 g/mol. The molecule has 1 atom stereocenters. The highest BCUT2D eigenvalue weighted by Gasteiger charge is 2.32. The smallest absolute Gasteiger partial charge is 0.259 e. The highest BCUT2D eigenvalue weighted by Crippen LogP contribution is 2.36. The van der Waals surface area contributed by atoms with Crippen LogP contribution >= 0.6 is 0 Å². The van der Waals surface area contributed by atoms with E-state index in [0.717, 1.165) is 12.3 Å². The lowest BCUT2D eigenvalue weighted by atomic mass is 10.1. The van der Waals surface area contributed by atoms with Gasteiger partial charge in [-0.2, -0.15) is 0 Å². The van der Waals surface area contributed by atoms with Crippen LogP contribution in [-0.2, 0) is 0 Å². The second kappa shape index (κ2) is 5.83. The van der Waals surface area contributed by atoms with Crippen molar-refractivity contribution < 1.29 is 23.0 Å². The summed E-state index contributed by atoms with van der Waals surface area (Å²) in [5, 5.41) is 0. The molecular weight excluding hydrogens is 306 g/mol. The second-order valence-electron chi connectivity index (χ2n) is 5.14. The quantitative estimate of drug-likeness (QED) is 0.872. The minimum absolute atomic E-state index is 0.0190. The van der Waals surface area contributed by atoms with E-state index in [1.807, 2.05) is 0 Å². The number of carbonyl (C=O) groups is 1. The van der Waals surface area contributed by atoms with Crippen molar-refractivity contribution in [2.45, 2.75) is 6.04 Å². The number of likely N-dealkylation sites (N-methyl/N-ethyl adjacent to an activating group) is 1. The molecule has 5 nitrogen and oxygen atoms in total. The van der Waals surface area contributed by atoms with Crippen LogP contribution in [0.2, 0.25) is 0 Å². The number of hydrogen-bond acceptors (Lipinski definition) is 4. The molecule has 120 valence electrons. The van der Waals surface area contributed by atoms with Gasteiger partial charge in [0.1, 0.15) is 29.6 Å². The molecule has 1 aromatic carbocycles. The third kappa shape index (κ3) is 2.69. The van der Waals surface area contributed by atoms with Gasteiger partial charge in [-0.25, -0.2) is 13.8 Å². The van der Waals surface area contributed by atoms with E-state index in [-0.39, 0.29) is 18.1 Å². The second-order valence-corrected chi connectivity index (χ2v) is 5.14. The average Bonchev–Trinajstić information content (AvgIpc) is 2.96. The molecule has 0 N–H and O–H groups in total. The van der Waals surface area contributed by atoms with E-state index in [0.29, 0.717) is 11.3 Å². The summed E-state index contributed by atoms with van der Waals surface area (Å²) in [5.74, 6) is -1.05. The lowest BCUT2D eigenvalue weighted by molar-refractivity contribution is 0.0703. The summed E-state index contributed by atoms with van der Waals surface area (Å²) in [6, 6.07) is 4.84. The maximum Gasteiger partial charge on any atom is 0.259 e. The summed E-state index contributed by atoms with van der Waals surface area (Å²) in [4.78, 5) is 17.8. The minimum atomic E-state index is -0.632. The molecule has 0 spiro atoms. The Hall–Kier alpha value is -2.70. The van der Waals surface area contributed by atoms with E-state index < -0.39 is 23.6 Å². The summed E-state index contributed by atoms with van der Waals surface area (Å²) in [5.41, 5.74) is 0.719. The van der Waals surface area contributed by atoms with Gasteiger partial charge in [-0.15, -0.1) is 0 Å². The lowest BCUT2D eigenvalue weighted by Crippen LogP contribution is -2.32. The van der Waals surface area contributed by atoms with Crippen molar-refractivity contribution in [2.75, 3.05) is 20.8 Å². The number of amides is 1. The SMILES string of the molecule is COc1ncc(F)cc1C(=O)N(C)C1COc2cc(F)ccc21. The molecule has 0 radical (unpaired) electrons. The number of fused-ring (bicyclic) bond motifs is 1. The highest BCUT2D eigenvalue weighted by molar-refractivity contribution is 5.96. The Bertz CT molecular complexity index is 767. The van der Waals surface area contributed by atoms with Crippen molar-refractivity contribution >= 4 is 5.91 Å². The number of rotatable bonds is 3. The summed E-state index contributed by atoms with van der Waals surface area (Å²) < 4.78 is 37.1. The van der Waals surface area contributed by atoms with Gasteiger partial charge in [0.15, 0.2) is 0 Å². The molecule has 2 aromatic rings. The molecule has 1 aliphatic heterocycles. The van der Waals surface area contributed by atoms with Crippen LogP contribution in [0.5, 0.6) is 11.6 Å². The standard InChI is InChI=1S/C16H14F2N2O3/c1-20(13-8-23-14-6-9(17)3-4-11(13)14)16(21)12-5-10(18)7-19-15(12)22-2/h3-7,13H,8H2,1-2H3. The Morgan fingerprint density at radius 1 is 1.35 bits per heavy atom. The first-order valence-corrected chi connectivity index (χ1v) is 6.90. The first kappa shape index (κ1) is 15.2. The summed E-state index contributed by atoms with van der Waals surface area (Å²) >= 11 is 0. The van der Waals surface area contributed by atoms with Gasteiger partial charge in [-0.05, 0) is 12.1 Å². The Morgan fingerprint density at radius 3 is 2.87 bits per heavy atom. The zero-order chi connectivity index (χ0) is 16.6. The number of ether oxygens (including phenoxy) is 2. The van der Waals surface area contributed by atoms with Crippen molar-refractivity contribution in [1.82, 2.24) is 9.88 Å². The number of aromatic nitrogens is 1. The maximum absolute atomic E-state index is 13.4. The van der Waals surface area contributed by atoms with Crippen LogP contribution in [0.3, 0.4) is 0 Å². The van der Waals surface area contributed by atoms with Crippen LogP contribution in [-0.4, -0.2) is 36.6 Å². The molecule has 0 aliphatic carbocycles. The summed E-state index contributed by atoms with van der Waals surface area (Å²) in [6.07, 6.45) is 0.979. The van der Waals surface area contributed by atoms with Crippen LogP contribution in [0.1, 0.15) is 22.0 Å². The average molecular weight is 320 g/mol. The molecule has 1 aliphatic rings. The first-order chi connectivity index (χ1) is 11.0. The van der Waals surface area contributed by atoms with Crippen LogP contribution in [0, 0.1) is 11.6 Å². The molecule has 23 heavy (non-hydrogen) atoms. The van der Waals surface area contributed by atoms with Gasteiger partial charge >= 0.3 is 0 Å². The zero-order valence-electron chi connectivity index (χ0n) is 12.5. The number of carbonyl (C=O) groups excluding carboxylic acids is 1. The molecule has 1 aromatic heterocycles. The van der Waals surface area contributed by atoms with E-state index in [1.165, 1.54) is 24.1 Å². The number of methoxy groups -OCH3 is 1.